The van der Waals surface area contributed by atoms with Gasteiger partial charge in [-0.1, -0.05) is 0 Å². The minimum Gasteiger partial charge on any atom is -0.340 e. The maximum absolute atomic E-state index is 12.7. The molecule has 0 spiro atoms. The van der Waals surface area contributed by atoms with E-state index in [0.29, 0.717) is 0 Å². The summed E-state index contributed by atoms with van der Waals surface area (Å²) in [7, 11) is 2.02. The highest BCUT2D eigenvalue weighted by Gasteiger charge is 2.24. The van der Waals surface area contributed by atoms with E-state index >= 15 is 0 Å². The van der Waals surface area contributed by atoms with Crippen LogP contribution in [0.25, 0.3) is 0 Å². The summed E-state index contributed by atoms with van der Waals surface area (Å²) < 4.78 is 3.77. The molecule has 0 bridgehead atoms. The summed E-state index contributed by atoms with van der Waals surface area (Å²) in [5.41, 5.74) is 0. The average molecular weight is 316 g/mol. The quantitative estimate of drug-likeness (QED) is 0.841. The number of carbonyl (C=O) groups excluding carboxylic acids is 1. The summed E-state index contributed by atoms with van der Waals surface area (Å²) >= 11 is 0. The van der Waals surface area contributed by atoms with Crippen LogP contribution >= 0.6 is 0 Å². The third kappa shape index (κ3) is 3.61. The van der Waals surface area contributed by atoms with Crippen molar-refractivity contribution in [2.75, 3.05) is 26.2 Å². The molecule has 3 rings (SSSR count). The zero-order valence-corrected chi connectivity index (χ0v) is 13.8. The zero-order chi connectivity index (χ0) is 16.2. The number of carbonyl (C=O) groups is 1. The van der Waals surface area contributed by atoms with Gasteiger partial charge < -0.3 is 9.47 Å². The van der Waals surface area contributed by atoms with Gasteiger partial charge >= 0.3 is 0 Å². The summed E-state index contributed by atoms with van der Waals surface area (Å²) in [6, 6.07) is 1.60. The van der Waals surface area contributed by atoms with E-state index in [1.807, 2.05) is 48.1 Å². The average Bonchev–Trinajstić information content (AvgIpc) is 3.15. The molecule has 0 unspecified atom stereocenters. The van der Waals surface area contributed by atoms with Gasteiger partial charge in [0.05, 0.1) is 6.54 Å². The van der Waals surface area contributed by atoms with Gasteiger partial charge in [0.15, 0.2) is 0 Å². The first-order valence-corrected chi connectivity index (χ1v) is 8.11. The molecule has 0 saturated carbocycles. The van der Waals surface area contributed by atoms with E-state index < -0.39 is 0 Å². The maximum Gasteiger partial charge on any atom is 0.247 e. The summed E-state index contributed by atoms with van der Waals surface area (Å²) in [4.78, 5) is 21.4. The molecule has 2 aromatic rings. The van der Waals surface area contributed by atoms with Crippen LogP contribution in [0.5, 0.6) is 0 Å². The summed E-state index contributed by atoms with van der Waals surface area (Å²) in [5, 5.41) is 4.18. The molecular formula is C16H24N6O. The second-order valence-corrected chi connectivity index (χ2v) is 6.07. The fourth-order valence-electron chi connectivity index (χ4n) is 2.99. The van der Waals surface area contributed by atoms with Crippen LogP contribution in [0.15, 0.2) is 30.9 Å². The highest BCUT2D eigenvalue weighted by molar-refractivity contribution is 5.80. The van der Waals surface area contributed by atoms with Crippen LogP contribution in [0, 0.1) is 0 Å². The molecule has 0 aliphatic carbocycles. The number of amides is 1. The van der Waals surface area contributed by atoms with Crippen molar-refractivity contribution in [1.82, 2.24) is 29.1 Å². The molecule has 1 atom stereocenters. The summed E-state index contributed by atoms with van der Waals surface area (Å²) in [5.74, 6) is 1.21. The van der Waals surface area contributed by atoms with Gasteiger partial charge in [0.2, 0.25) is 5.91 Å². The number of nitrogens with zero attached hydrogens (tertiary/aromatic N) is 6. The molecule has 1 amide bonds. The predicted octanol–water partition coefficient (Wildman–Crippen LogP) is 0.912. The van der Waals surface area contributed by atoms with Gasteiger partial charge in [-0.15, -0.1) is 0 Å². The number of imidazole rings is 1. The van der Waals surface area contributed by atoms with Crippen molar-refractivity contribution in [1.29, 1.82) is 0 Å². The fourth-order valence-corrected chi connectivity index (χ4v) is 2.99. The van der Waals surface area contributed by atoms with Crippen molar-refractivity contribution in [2.24, 2.45) is 7.05 Å². The van der Waals surface area contributed by atoms with Crippen LogP contribution in [0.1, 0.15) is 25.2 Å². The third-order valence-electron chi connectivity index (χ3n) is 4.47. The molecule has 7 heteroatoms. The molecular weight excluding hydrogens is 292 g/mol. The molecule has 124 valence electrons. The molecule has 0 N–H and O–H groups in total. The van der Waals surface area contributed by atoms with Gasteiger partial charge in [-0.3, -0.25) is 14.4 Å². The molecule has 1 fully saturated rings. The Morgan fingerprint density at radius 3 is 2.78 bits per heavy atom. The predicted molar refractivity (Wildman–Crippen MR) is 86.6 cm³/mol. The van der Waals surface area contributed by atoms with Gasteiger partial charge in [-0.2, -0.15) is 5.10 Å². The molecule has 2 aromatic heterocycles. The van der Waals surface area contributed by atoms with Gasteiger partial charge in [0.1, 0.15) is 11.9 Å². The highest BCUT2D eigenvalue weighted by atomic mass is 16.2. The standard InChI is InChI=1S/C16H24N6O/c1-14(22-9-3-5-18-22)16(23)21-8-4-7-20(11-12-21)13-15-17-6-10-19(15)2/h3,5-6,9-10,14H,4,7-8,11-13H2,1-2H3/t14-/m0/s1. The lowest BCUT2D eigenvalue weighted by Gasteiger charge is -2.24. The molecule has 7 nitrogen and oxygen atoms in total. The first-order chi connectivity index (χ1) is 11.1. The minimum absolute atomic E-state index is 0.146. The Morgan fingerprint density at radius 2 is 2.09 bits per heavy atom. The summed E-state index contributed by atoms with van der Waals surface area (Å²) in [6.07, 6.45) is 8.33. The highest BCUT2D eigenvalue weighted by Crippen LogP contribution is 2.13. The van der Waals surface area contributed by atoms with Crippen LogP contribution < -0.4 is 0 Å². The van der Waals surface area contributed by atoms with Gasteiger partial charge in [0.25, 0.3) is 0 Å². The lowest BCUT2D eigenvalue weighted by atomic mass is 10.2. The number of aromatic nitrogens is 4. The summed E-state index contributed by atoms with van der Waals surface area (Å²) in [6.45, 7) is 6.18. The second kappa shape index (κ2) is 6.95. The van der Waals surface area contributed by atoms with E-state index in [4.69, 9.17) is 0 Å². The first kappa shape index (κ1) is 15.7. The van der Waals surface area contributed by atoms with Crippen LogP contribution in [0.3, 0.4) is 0 Å². The van der Waals surface area contributed by atoms with Crippen LogP contribution in [0.4, 0.5) is 0 Å². The van der Waals surface area contributed by atoms with E-state index in [1.165, 1.54) is 0 Å². The Bertz CT molecular complexity index is 635. The van der Waals surface area contributed by atoms with Crippen molar-refractivity contribution < 1.29 is 4.79 Å². The topological polar surface area (TPSA) is 59.2 Å². The van der Waals surface area contributed by atoms with Crippen molar-refractivity contribution in [3.8, 4) is 0 Å². The molecule has 1 aliphatic heterocycles. The molecule has 0 radical (unpaired) electrons. The SMILES string of the molecule is C[C@@H](C(=O)N1CCCN(Cc2nccn2C)CC1)n1cccn1. The number of rotatable bonds is 4. The normalized spacial score (nSPS) is 17.9. The zero-order valence-electron chi connectivity index (χ0n) is 13.8. The van der Waals surface area contributed by atoms with Crippen LogP contribution in [-0.4, -0.2) is 61.2 Å². The number of aryl methyl sites for hydroxylation is 1. The van der Waals surface area contributed by atoms with Crippen molar-refractivity contribution >= 4 is 5.91 Å². The lowest BCUT2D eigenvalue weighted by Crippen LogP contribution is -2.39. The van der Waals surface area contributed by atoms with Crippen molar-refractivity contribution in [3.05, 3.63) is 36.7 Å². The van der Waals surface area contributed by atoms with Gasteiger partial charge in [-0.25, -0.2) is 4.98 Å². The molecule has 0 aromatic carbocycles. The van der Waals surface area contributed by atoms with E-state index in [1.54, 1.807) is 10.9 Å². The number of hydrogen-bond donors (Lipinski definition) is 0. The molecule has 1 saturated heterocycles. The van der Waals surface area contributed by atoms with Crippen molar-refractivity contribution in [2.45, 2.75) is 25.9 Å². The number of hydrogen-bond acceptors (Lipinski definition) is 4. The van der Waals surface area contributed by atoms with E-state index in [2.05, 4.69) is 15.0 Å². The Hall–Kier alpha value is -2.15. The molecule has 3 heterocycles. The molecule has 1 aliphatic rings. The Morgan fingerprint density at radius 1 is 1.22 bits per heavy atom. The Kier molecular flexibility index (Phi) is 4.76. The van der Waals surface area contributed by atoms with Gasteiger partial charge in [0, 0.05) is 58.0 Å². The molecule has 23 heavy (non-hydrogen) atoms. The second-order valence-electron chi connectivity index (χ2n) is 6.07. The smallest absolute Gasteiger partial charge is 0.247 e. The monoisotopic (exact) mass is 316 g/mol. The van der Waals surface area contributed by atoms with E-state index in [-0.39, 0.29) is 11.9 Å². The fraction of sp³-hybridized carbons (Fsp3) is 0.562. The minimum atomic E-state index is -0.244. The Balaban J connectivity index is 1.58. The van der Waals surface area contributed by atoms with Gasteiger partial charge in [-0.05, 0) is 19.4 Å². The first-order valence-electron chi connectivity index (χ1n) is 8.11. The maximum atomic E-state index is 12.7. The van der Waals surface area contributed by atoms with Crippen LogP contribution in [0.2, 0.25) is 0 Å². The van der Waals surface area contributed by atoms with Crippen molar-refractivity contribution in [3.63, 3.8) is 0 Å². The largest absolute Gasteiger partial charge is 0.340 e. The Labute approximate surface area is 136 Å². The lowest BCUT2D eigenvalue weighted by molar-refractivity contribution is -0.134. The van der Waals surface area contributed by atoms with E-state index in [0.717, 1.165) is 45.0 Å². The van der Waals surface area contributed by atoms with E-state index in [9.17, 15) is 4.79 Å². The third-order valence-corrected chi connectivity index (χ3v) is 4.47. The van der Waals surface area contributed by atoms with Crippen LogP contribution in [-0.2, 0) is 18.4 Å².